The van der Waals surface area contributed by atoms with Crippen LogP contribution in [0.3, 0.4) is 0 Å². The number of benzene rings is 1. The average Bonchev–Trinajstić information content (AvgIpc) is 2.67. The lowest BCUT2D eigenvalue weighted by atomic mass is 10.1. The minimum absolute atomic E-state index is 0.0255. The molecule has 3 rings (SSSR count). The standard InChI is InChI=1S/C19H22N6O2/c1-13(2)19-21-14(3)10-18(22-19)24-8-6-23(7-9-24)16-5-4-15(12-20)11-17(16)25(26)27/h4-5,10-11,13H,6-9H2,1-3H3. The number of nitro groups is 1. The third kappa shape index (κ3) is 3.97. The van der Waals surface area contributed by atoms with E-state index in [-0.39, 0.29) is 11.6 Å². The number of nitriles is 1. The predicted octanol–water partition coefficient (Wildman–Crippen LogP) is 3.01. The van der Waals surface area contributed by atoms with E-state index in [2.05, 4.69) is 28.7 Å². The first-order valence-corrected chi connectivity index (χ1v) is 8.93. The summed E-state index contributed by atoms with van der Waals surface area (Å²) in [4.78, 5) is 24.3. The van der Waals surface area contributed by atoms with E-state index in [0.717, 1.165) is 17.3 Å². The van der Waals surface area contributed by atoms with Crippen molar-refractivity contribution in [3.8, 4) is 6.07 Å². The molecule has 1 saturated heterocycles. The van der Waals surface area contributed by atoms with Crippen molar-refractivity contribution in [1.29, 1.82) is 5.26 Å². The number of nitrogens with zero attached hydrogens (tertiary/aromatic N) is 6. The molecule has 0 N–H and O–H groups in total. The van der Waals surface area contributed by atoms with Crippen molar-refractivity contribution in [3.63, 3.8) is 0 Å². The topological polar surface area (TPSA) is 99.2 Å². The van der Waals surface area contributed by atoms with Crippen LogP contribution in [0.4, 0.5) is 17.2 Å². The van der Waals surface area contributed by atoms with Crippen LogP contribution < -0.4 is 9.80 Å². The first-order valence-electron chi connectivity index (χ1n) is 8.93. The van der Waals surface area contributed by atoms with Crippen LogP contribution in [0.1, 0.15) is 36.8 Å². The van der Waals surface area contributed by atoms with E-state index < -0.39 is 4.92 Å². The molecule has 140 valence electrons. The van der Waals surface area contributed by atoms with E-state index >= 15 is 0 Å². The van der Waals surface area contributed by atoms with Gasteiger partial charge in [0.15, 0.2) is 0 Å². The fraction of sp³-hybridized carbons (Fsp3) is 0.421. The quantitative estimate of drug-likeness (QED) is 0.606. The highest BCUT2D eigenvalue weighted by Gasteiger charge is 2.25. The summed E-state index contributed by atoms with van der Waals surface area (Å²) in [5.74, 6) is 1.99. The summed E-state index contributed by atoms with van der Waals surface area (Å²) >= 11 is 0. The minimum atomic E-state index is -0.425. The molecule has 0 unspecified atom stereocenters. The molecule has 1 aliphatic rings. The molecule has 0 radical (unpaired) electrons. The number of anilines is 2. The summed E-state index contributed by atoms with van der Waals surface area (Å²) in [5.41, 5.74) is 1.76. The molecule has 1 aliphatic heterocycles. The van der Waals surface area contributed by atoms with E-state index in [1.165, 1.54) is 6.07 Å². The van der Waals surface area contributed by atoms with Gasteiger partial charge < -0.3 is 9.80 Å². The molecule has 0 amide bonds. The summed E-state index contributed by atoms with van der Waals surface area (Å²) in [6.45, 7) is 8.82. The number of aromatic nitrogens is 2. The monoisotopic (exact) mass is 366 g/mol. The van der Waals surface area contributed by atoms with Gasteiger partial charge in [-0.3, -0.25) is 10.1 Å². The lowest BCUT2D eigenvalue weighted by molar-refractivity contribution is -0.384. The van der Waals surface area contributed by atoms with E-state index in [9.17, 15) is 10.1 Å². The number of hydrogen-bond donors (Lipinski definition) is 0. The normalized spacial score (nSPS) is 14.3. The van der Waals surface area contributed by atoms with Crippen molar-refractivity contribution in [3.05, 3.63) is 51.5 Å². The van der Waals surface area contributed by atoms with Gasteiger partial charge in [-0.1, -0.05) is 13.8 Å². The van der Waals surface area contributed by atoms with Crippen molar-refractivity contribution >= 4 is 17.2 Å². The predicted molar refractivity (Wildman–Crippen MR) is 103 cm³/mol. The van der Waals surface area contributed by atoms with Crippen molar-refractivity contribution in [2.45, 2.75) is 26.7 Å². The zero-order valence-electron chi connectivity index (χ0n) is 15.7. The molecule has 27 heavy (non-hydrogen) atoms. The van der Waals surface area contributed by atoms with E-state index in [4.69, 9.17) is 5.26 Å². The summed E-state index contributed by atoms with van der Waals surface area (Å²) in [6, 6.07) is 8.56. The molecule has 0 atom stereocenters. The molecule has 1 aromatic heterocycles. The average molecular weight is 366 g/mol. The van der Waals surface area contributed by atoms with Crippen LogP contribution in [-0.2, 0) is 0 Å². The van der Waals surface area contributed by atoms with Crippen LogP contribution in [0.25, 0.3) is 0 Å². The van der Waals surface area contributed by atoms with E-state index in [0.29, 0.717) is 37.4 Å². The third-order valence-corrected chi connectivity index (χ3v) is 4.62. The molecular weight excluding hydrogens is 344 g/mol. The van der Waals surface area contributed by atoms with Crippen LogP contribution in [-0.4, -0.2) is 41.1 Å². The van der Waals surface area contributed by atoms with Gasteiger partial charge in [0.25, 0.3) is 5.69 Å². The number of piperazine rings is 1. The number of hydrogen-bond acceptors (Lipinski definition) is 7. The largest absolute Gasteiger partial charge is 0.362 e. The Balaban J connectivity index is 1.79. The molecule has 1 aromatic carbocycles. The van der Waals surface area contributed by atoms with Crippen molar-refractivity contribution in [1.82, 2.24) is 9.97 Å². The van der Waals surface area contributed by atoms with Gasteiger partial charge in [-0.05, 0) is 19.1 Å². The summed E-state index contributed by atoms with van der Waals surface area (Å²) in [6.07, 6.45) is 0. The molecule has 0 aliphatic carbocycles. The molecular formula is C19H22N6O2. The Morgan fingerprint density at radius 1 is 1.15 bits per heavy atom. The second-order valence-electron chi connectivity index (χ2n) is 6.93. The first-order chi connectivity index (χ1) is 12.9. The molecule has 0 saturated carbocycles. The van der Waals surface area contributed by atoms with Crippen molar-refractivity contribution < 1.29 is 4.92 Å². The first kappa shape index (κ1) is 18.6. The van der Waals surface area contributed by atoms with Gasteiger partial charge in [0, 0.05) is 49.9 Å². The van der Waals surface area contributed by atoms with Crippen LogP contribution in [0.2, 0.25) is 0 Å². The van der Waals surface area contributed by atoms with Crippen LogP contribution in [0.5, 0.6) is 0 Å². The van der Waals surface area contributed by atoms with Crippen molar-refractivity contribution in [2.24, 2.45) is 0 Å². The second-order valence-corrected chi connectivity index (χ2v) is 6.93. The molecule has 2 aromatic rings. The third-order valence-electron chi connectivity index (χ3n) is 4.62. The molecule has 0 bridgehead atoms. The van der Waals surface area contributed by atoms with Gasteiger partial charge in [0.1, 0.15) is 17.3 Å². The van der Waals surface area contributed by atoms with Crippen LogP contribution >= 0.6 is 0 Å². The maximum absolute atomic E-state index is 11.4. The number of rotatable bonds is 4. The smallest absolute Gasteiger partial charge is 0.293 e. The van der Waals surface area contributed by atoms with Gasteiger partial charge in [-0.2, -0.15) is 5.26 Å². The van der Waals surface area contributed by atoms with Crippen LogP contribution in [0.15, 0.2) is 24.3 Å². The van der Waals surface area contributed by atoms with Crippen LogP contribution in [0, 0.1) is 28.4 Å². The maximum atomic E-state index is 11.4. The van der Waals surface area contributed by atoms with E-state index in [1.807, 2.05) is 24.0 Å². The highest BCUT2D eigenvalue weighted by Crippen LogP contribution is 2.30. The zero-order chi connectivity index (χ0) is 19.6. The number of aryl methyl sites for hydroxylation is 1. The molecule has 0 spiro atoms. The highest BCUT2D eigenvalue weighted by molar-refractivity contribution is 5.66. The number of nitro benzene ring substituents is 1. The Bertz CT molecular complexity index is 898. The molecule has 1 fully saturated rings. The fourth-order valence-electron chi connectivity index (χ4n) is 3.18. The Hall–Kier alpha value is -3.21. The van der Waals surface area contributed by atoms with Gasteiger partial charge in [-0.15, -0.1) is 0 Å². The second kappa shape index (κ2) is 7.58. The lowest BCUT2D eigenvalue weighted by Crippen LogP contribution is -2.47. The SMILES string of the molecule is Cc1cc(N2CCN(c3ccc(C#N)cc3[N+](=O)[O-])CC2)nc(C(C)C)n1. The molecule has 8 heteroatoms. The van der Waals surface area contributed by atoms with Gasteiger partial charge in [-0.25, -0.2) is 9.97 Å². The van der Waals surface area contributed by atoms with Crippen molar-refractivity contribution in [2.75, 3.05) is 36.0 Å². The summed E-state index contributed by atoms with van der Waals surface area (Å²) in [5, 5.41) is 20.4. The van der Waals surface area contributed by atoms with Gasteiger partial charge in [0.05, 0.1) is 16.6 Å². The summed E-state index contributed by atoms with van der Waals surface area (Å²) in [7, 11) is 0. The minimum Gasteiger partial charge on any atom is -0.362 e. The molecule has 8 nitrogen and oxygen atoms in total. The Morgan fingerprint density at radius 3 is 2.41 bits per heavy atom. The highest BCUT2D eigenvalue weighted by atomic mass is 16.6. The lowest BCUT2D eigenvalue weighted by Gasteiger charge is -2.36. The molecule has 2 heterocycles. The van der Waals surface area contributed by atoms with E-state index in [1.54, 1.807) is 12.1 Å². The van der Waals surface area contributed by atoms with Gasteiger partial charge >= 0.3 is 0 Å². The summed E-state index contributed by atoms with van der Waals surface area (Å²) < 4.78 is 0. The zero-order valence-corrected chi connectivity index (χ0v) is 15.7. The fourth-order valence-corrected chi connectivity index (χ4v) is 3.18. The maximum Gasteiger partial charge on any atom is 0.293 e. The Kier molecular flexibility index (Phi) is 5.21. The van der Waals surface area contributed by atoms with Gasteiger partial charge in [0.2, 0.25) is 0 Å². The Morgan fingerprint density at radius 2 is 1.81 bits per heavy atom. The Labute approximate surface area is 158 Å².